The molecule has 4 aromatic rings. The van der Waals surface area contributed by atoms with Crippen LogP contribution >= 0.6 is 0 Å². The van der Waals surface area contributed by atoms with E-state index in [-0.39, 0.29) is 5.03 Å². The predicted molar refractivity (Wildman–Crippen MR) is 132 cm³/mol. The number of benzene rings is 2. The van der Waals surface area contributed by atoms with Crippen LogP contribution in [0.4, 0.5) is 10.5 Å². The second-order valence-electron chi connectivity index (χ2n) is 7.90. The molecule has 2 aromatic carbocycles. The van der Waals surface area contributed by atoms with E-state index in [0.717, 1.165) is 22.9 Å². The maximum atomic E-state index is 12.6. The van der Waals surface area contributed by atoms with Crippen molar-refractivity contribution in [3.8, 4) is 28.3 Å². The van der Waals surface area contributed by atoms with Crippen molar-refractivity contribution >= 4 is 21.6 Å². The molecule has 2 heterocycles. The van der Waals surface area contributed by atoms with Crippen LogP contribution in [0.5, 0.6) is 5.75 Å². The van der Waals surface area contributed by atoms with E-state index in [9.17, 15) is 13.2 Å². The van der Waals surface area contributed by atoms with E-state index in [0.29, 0.717) is 28.4 Å². The summed E-state index contributed by atoms with van der Waals surface area (Å²) in [5.41, 5.74) is 4.97. The van der Waals surface area contributed by atoms with Crippen LogP contribution in [0.3, 0.4) is 0 Å². The fourth-order valence-corrected chi connectivity index (χ4v) is 3.96. The summed E-state index contributed by atoms with van der Waals surface area (Å²) in [6.45, 7) is 3.81. The highest BCUT2D eigenvalue weighted by Gasteiger charge is 2.17. The lowest BCUT2D eigenvalue weighted by Crippen LogP contribution is -2.18. The van der Waals surface area contributed by atoms with Gasteiger partial charge in [0.15, 0.2) is 14.9 Å². The summed E-state index contributed by atoms with van der Waals surface area (Å²) in [7, 11) is -3.40. The second kappa shape index (κ2) is 9.44. The average Bonchev–Trinajstić information content (AvgIpc) is 2.81. The summed E-state index contributed by atoms with van der Waals surface area (Å²) in [6, 6.07) is 21.6. The Labute approximate surface area is 198 Å². The standard InChI is InChI=1S/C26H23N3O4S/c1-17-9-12-21(13-10-17)33-26(30)28-22-15-18(2)24(29-25(22)19-7-5-4-6-8-19)20-11-14-23(27-16-20)34(3,31)32/h4-16H,1-3H3,(H,28,30). The highest BCUT2D eigenvalue weighted by atomic mass is 32.2. The zero-order chi connectivity index (χ0) is 24.3. The molecule has 0 bridgehead atoms. The lowest BCUT2D eigenvalue weighted by Gasteiger charge is -2.15. The first-order valence-electron chi connectivity index (χ1n) is 10.5. The molecule has 0 saturated carbocycles. The number of carbonyl (C=O) groups excluding carboxylic acids is 1. The molecule has 0 radical (unpaired) electrons. The van der Waals surface area contributed by atoms with Crippen molar-refractivity contribution in [2.75, 3.05) is 11.6 Å². The van der Waals surface area contributed by atoms with Gasteiger partial charge in [0.25, 0.3) is 0 Å². The van der Waals surface area contributed by atoms with Crippen molar-refractivity contribution in [3.05, 3.63) is 90.1 Å². The smallest absolute Gasteiger partial charge is 0.410 e. The number of sulfone groups is 1. The third kappa shape index (κ3) is 5.29. The molecule has 0 aliphatic heterocycles. The second-order valence-corrected chi connectivity index (χ2v) is 9.86. The summed E-state index contributed by atoms with van der Waals surface area (Å²) in [6.07, 6.45) is 1.97. The Morgan fingerprint density at radius 2 is 1.59 bits per heavy atom. The maximum absolute atomic E-state index is 12.6. The summed E-state index contributed by atoms with van der Waals surface area (Å²) in [5, 5.41) is 2.80. The van der Waals surface area contributed by atoms with Gasteiger partial charge in [0, 0.05) is 23.6 Å². The van der Waals surface area contributed by atoms with Gasteiger partial charge in [-0.05, 0) is 49.7 Å². The fourth-order valence-electron chi connectivity index (χ4n) is 3.41. The van der Waals surface area contributed by atoms with Gasteiger partial charge in [-0.25, -0.2) is 23.2 Å². The Balaban J connectivity index is 1.71. The predicted octanol–water partition coefficient (Wildman–Crippen LogP) is 5.44. The van der Waals surface area contributed by atoms with Crippen LogP contribution in [0.1, 0.15) is 11.1 Å². The SMILES string of the molecule is Cc1ccc(OC(=O)Nc2cc(C)c(-c3ccc(S(C)(=O)=O)nc3)nc2-c2ccccc2)cc1. The van der Waals surface area contributed by atoms with Gasteiger partial charge in [-0.15, -0.1) is 0 Å². The molecular formula is C26H23N3O4S. The average molecular weight is 474 g/mol. The minimum Gasteiger partial charge on any atom is -0.410 e. The minimum atomic E-state index is -3.40. The van der Waals surface area contributed by atoms with Gasteiger partial charge in [0.1, 0.15) is 5.75 Å². The number of amides is 1. The van der Waals surface area contributed by atoms with Gasteiger partial charge in [-0.3, -0.25) is 5.32 Å². The van der Waals surface area contributed by atoms with Gasteiger partial charge in [-0.2, -0.15) is 0 Å². The van der Waals surface area contributed by atoms with E-state index >= 15 is 0 Å². The number of hydrogen-bond acceptors (Lipinski definition) is 6. The fraction of sp³-hybridized carbons (Fsp3) is 0.115. The first-order valence-corrected chi connectivity index (χ1v) is 12.4. The van der Waals surface area contributed by atoms with Crippen LogP contribution in [0.2, 0.25) is 0 Å². The van der Waals surface area contributed by atoms with Crippen molar-refractivity contribution in [2.24, 2.45) is 0 Å². The Bertz CT molecular complexity index is 1430. The molecular weight excluding hydrogens is 450 g/mol. The molecule has 2 aromatic heterocycles. The third-order valence-corrected chi connectivity index (χ3v) is 6.12. The van der Waals surface area contributed by atoms with Crippen molar-refractivity contribution in [1.82, 2.24) is 9.97 Å². The molecule has 172 valence electrons. The van der Waals surface area contributed by atoms with Crippen molar-refractivity contribution < 1.29 is 17.9 Å². The van der Waals surface area contributed by atoms with Crippen LogP contribution in [-0.2, 0) is 9.84 Å². The lowest BCUT2D eigenvalue weighted by atomic mass is 10.0. The van der Waals surface area contributed by atoms with Crippen LogP contribution in [-0.4, -0.2) is 30.7 Å². The van der Waals surface area contributed by atoms with Crippen LogP contribution in [0.25, 0.3) is 22.5 Å². The van der Waals surface area contributed by atoms with E-state index in [1.54, 1.807) is 18.2 Å². The molecule has 0 unspecified atom stereocenters. The van der Waals surface area contributed by atoms with Gasteiger partial charge < -0.3 is 4.74 Å². The van der Waals surface area contributed by atoms with Gasteiger partial charge in [-0.1, -0.05) is 48.0 Å². The summed E-state index contributed by atoms with van der Waals surface area (Å²) in [5.74, 6) is 0.433. The number of nitrogens with one attached hydrogen (secondary N) is 1. The minimum absolute atomic E-state index is 0.00526. The van der Waals surface area contributed by atoms with Gasteiger partial charge in [0.05, 0.1) is 17.1 Å². The zero-order valence-corrected chi connectivity index (χ0v) is 19.8. The number of carbonyl (C=O) groups is 1. The molecule has 0 saturated heterocycles. The number of rotatable bonds is 5. The Morgan fingerprint density at radius 3 is 2.21 bits per heavy atom. The molecule has 7 nitrogen and oxygen atoms in total. The lowest BCUT2D eigenvalue weighted by molar-refractivity contribution is 0.215. The number of aryl methyl sites for hydroxylation is 2. The largest absolute Gasteiger partial charge is 0.417 e. The van der Waals surface area contributed by atoms with E-state index in [4.69, 9.17) is 9.72 Å². The third-order valence-electron chi connectivity index (χ3n) is 5.12. The molecule has 1 amide bonds. The molecule has 0 aliphatic rings. The molecule has 0 atom stereocenters. The topological polar surface area (TPSA) is 98.2 Å². The number of anilines is 1. The highest BCUT2D eigenvalue weighted by molar-refractivity contribution is 7.90. The Kier molecular flexibility index (Phi) is 6.43. The quantitative estimate of drug-likeness (QED) is 0.414. The molecule has 0 aliphatic carbocycles. The van der Waals surface area contributed by atoms with Crippen LogP contribution in [0.15, 0.2) is 84.0 Å². The summed E-state index contributed by atoms with van der Waals surface area (Å²) >= 11 is 0. The van der Waals surface area contributed by atoms with Crippen molar-refractivity contribution in [1.29, 1.82) is 0 Å². The van der Waals surface area contributed by atoms with Gasteiger partial charge in [0.2, 0.25) is 0 Å². The Hall–Kier alpha value is -4.04. The molecule has 4 rings (SSSR count). The van der Waals surface area contributed by atoms with E-state index in [1.165, 1.54) is 12.3 Å². The van der Waals surface area contributed by atoms with Gasteiger partial charge >= 0.3 is 6.09 Å². The van der Waals surface area contributed by atoms with E-state index in [1.807, 2.05) is 62.4 Å². The van der Waals surface area contributed by atoms with Crippen LogP contribution in [0, 0.1) is 13.8 Å². The van der Waals surface area contributed by atoms with Crippen LogP contribution < -0.4 is 10.1 Å². The molecule has 1 N–H and O–H groups in total. The molecule has 8 heteroatoms. The van der Waals surface area contributed by atoms with Crippen molar-refractivity contribution in [3.63, 3.8) is 0 Å². The van der Waals surface area contributed by atoms with E-state index < -0.39 is 15.9 Å². The molecule has 0 spiro atoms. The van der Waals surface area contributed by atoms with Crippen molar-refractivity contribution in [2.45, 2.75) is 18.9 Å². The monoisotopic (exact) mass is 473 g/mol. The Morgan fingerprint density at radius 1 is 0.882 bits per heavy atom. The number of hydrogen-bond donors (Lipinski definition) is 1. The number of pyridine rings is 2. The normalized spacial score (nSPS) is 11.1. The first-order chi connectivity index (χ1) is 16.2. The zero-order valence-electron chi connectivity index (χ0n) is 18.9. The number of aromatic nitrogens is 2. The molecule has 0 fully saturated rings. The van der Waals surface area contributed by atoms with E-state index in [2.05, 4.69) is 10.3 Å². The summed E-state index contributed by atoms with van der Waals surface area (Å²) in [4.78, 5) is 21.5. The number of ether oxygens (including phenoxy) is 1. The number of nitrogens with zero attached hydrogens (tertiary/aromatic N) is 2. The summed E-state index contributed by atoms with van der Waals surface area (Å²) < 4.78 is 28.9. The molecule has 34 heavy (non-hydrogen) atoms. The first kappa shape index (κ1) is 23.1. The maximum Gasteiger partial charge on any atom is 0.417 e. The highest BCUT2D eigenvalue weighted by Crippen LogP contribution is 2.32.